The van der Waals surface area contributed by atoms with Gasteiger partial charge in [-0.2, -0.15) is 4.68 Å². The second kappa shape index (κ2) is 9.25. The molecule has 0 saturated heterocycles. The molecule has 1 amide bonds. The minimum absolute atomic E-state index is 0.146. The van der Waals surface area contributed by atoms with Gasteiger partial charge in [-0.05, 0) is 60.6 Å². The number of carbonyl (C=O) groups is 2. The van der Waals surface area contributed by atoms with E-state index >= 15 is 0 Å². The molecule has 1 N–H and O–H groups in total. The maximum atomic E-state index is 12.7. The van der Waals surface area contributed by atoms with Crippen LogP contribution in [-0.4, -0.2) is 44.7 Å². The topological polar surface area (TPSA) is 99.0 Å². The number of ether oxygens (including phenoxy) is 1. The molecule has 8 heteroatoms. The molecule has 2 aromatic rings. The number of hydrogen-bond donors (Lipinski definition) is 1. The number of tetrazole rings is 1. The van der Waals surface area contributed by atoms with Crippen molar-refractivity contribution in [1.29, 1.82) is 0 Å². The van der Waals surface area contributed by atoms with Crippen molar-refractivity contribution in [1.82, 2.24) is 25.5 Å². The lowest BCUT2D eigenvalue weighted by Gasteiger charge is -2.26. The summed E-state index contributed by atoms with van der Waals surface area (Å²) < 4.78 is 6.55. The molecule has 1 fully saturated rings. The van der Waals surface area contributed by atoms with Crippen molar-refractivity contribution in [3.05, 3.63) is 41.7 Å². The van der Waals surface area contributed by atoms with E-state index in [4.69, 9.17) is 4.74 Å². The summed E-state index contributed by atoms with van der Waals surface area (Å²) in [6, 6.07) is 9.46. The molecule has 0 unspecified atom stereocenters. The van der Waals surface area contributed by atoms with Gasteiger partial charge in [-0.25, -0.2) is 4.79 Å². The summed E-state index contributed by atoms with van der Waals surface area (Å²) in [5.74, 6) is 0.197. The molecule has 8 nitrogen and oxygen atoms in total. The van der Waals surface area contributed by atoms with E-state index in [1.807, 2.05) is 30.3 Å². The first-order valence-electron chi connectivity index (χ1n) is 9.51. The number of nitrogens with zero attached hydrogens (tertiary/aromatic N) is 4. The molecular formula is C20H25N5O3. The number of hydrogen-bond acceptors (Lipinski definition) is 6. The number of aryl methyl sites for hydroxylation is 1. The highest BCUT2D eigenvalue weighted by molar-refractivity contribution is 6.15. The number of nitrogens with one attached hydrogen (secondary N) is 1. The molecule has 1 saturated carbocycles. The fraction of sp³-hybridized carbons (Fsp3) is 0.450. The maximum absolute atomic E-state index is 12.7. The van der Waals surface area contributed by atoms with Gasteiger partial charge in [-0.3, -0.25) is 4.79 Å². The van der Waals surface area contributed by atoms with Crippen molar-refractivity contribution in [2.75, 3.05) is 6.61 Å². The van der Waals surface area contributed by atoms with E-state index in [1.165, 1.54) is 4.68 Å². The summed E-state index contributed by atoms with van der Waals surface area (Å²) in [5.41, 5.74) is 0.943. The molecule has 0 radical (unpaired) electrons. The Bertz CT molecular complexity index is 839. The van der Waals surface area contributed by atoms with Crippen LogP contribution in [0.3, 0.4) is 0 Å². The SMILES string of the molecule is Cc1nnnn1C(=Cc1ccccc1)C(=O)OCC(=O)NC1CCC(C)CC1. The highest BCUT2D eigenvalue weighted by Crippen LogP contribution is 2.23. The van der Waals surface area contributed by atoms with E-state index < -0.39 is 5.97 Å². The third-order valence-electron chi connectivity index (χ3n) is 4.88. The van der Waals surface area contributed by atoms with Gasteiger partial charge in [-0.15, -0.1) is 5.10 Å². The number of amides is 1. The van der Waals surface area contributed by atoms with Gasteiger partial charge in [0.25, 0.3) is 5.91 Å². The van der Waals surface area contributed by atoms with Crippen LogP contribution in [0.4, 0.5) is 0 Å². The lowest BCUT2D eigenvalue weighted by molar-refractivity contribution is -0.143. The van der Waals surface area contributed by atoms with Gasteiger partial charge in [-0.1, -0.05) is 37.3 Å². The van der Waals surface area contributed by atoms with Gasteiger partial charge < -0.3 is 10.1 Å². The predicted molar refractivity (Wildman–Crippen MR) is 104 cm³/mol. The Hall–Kier alpha value is -3.03. The molecule has 1 aliphatic rings. The highest BCUT2D eigenvalue weighted by atomic mass is 16.5. The minimum Gasteiger partial charge on any atom is -0.451 e. The standard InChI is InChI=1S/C20H25N5O3/c1-14-8-10-17(11-9-14)21-19(26)13-28-20(27)18(25-15(2)22-23-24-25)12-16-6-4-3-5-7-16/h3-7,12,14,17H,8-11,13H2,1-2H3,(H,21,26). The third kappa shape index (κ3) is 5.25. The zero-order valence-electron chi connectivity index (χ0n) is 16.2. The fourth-order valence-corrected chi connectivity index (χ4v) is 3.25. The monoisotopic (exact) mass is 383 g/mol. The zero-order valence-corrected chi connectivity index (χ0v) is 16.2. The second-order valence-electron chi connectivity index (χ2n) is 7.18. The summed E-state index contributed by atoms with van der Waals surface area (Å²) in [6.45, 7) is 3.57. The van der Waals surface area contributed by atoms with Crippen LogP contribution in [0.15, 0.2) is 30.3 Å². The second-order valence-corrected chi connectivity index (χ2v) is 7.18. The van der Waals surface area contributed by atoms with Gasteiger partial charge in [0.05, 0.1) is 0 Å². The van der Waals surface area contributed by atoms with Crippen molar-refractivity contribution in [3.8, 4) is 0 Å². The Morgan fingerprint density at radius 1 is 1.21 bits per heavy atom. The number of carbonyl (C=O) groups excluding carboxylic acids is 2. The summed E-state index contributed by atoms with van der Waals surface area (Å²) in [6.07, 6.45) is 5.76. The molecule has 1 aliphatic carbocycles. The number of benzene rings is 1. The van der Waals surface area contributed by atoms with E-state index in [2.05, 4.69) is 27.8 Å². The number of aromatic nitrogens is 4. The van der Waals surface area contributed by atoms with Crippen LogP contribution in [0.25, 0.3) is 11.8 Å². The summed E-state index contributed by atoms with van der Waals surface area (Å²) in [7, 11) is 0. The number of esters is 1. The quantitative estimate of drug-likeness (QED) is 0.607. The zero-order chi connectivity index (χ0) is 19.9. The van der Waals surface area contributed by atoms with E-state index in [1.54, 1.807) is 13.0 Å². The summed E-state index contributed by atoms with van der Waals surface area (Å²) in [4.78, 5) is 24.8. The lowest BCUT2D eigenvalue weighted by Crippen LogP contribution is -2.39. The lowest BCUT2D eigenvalue weighted by atomic mass is 9.87. The molecule has 1 aromatic heterocycles. The van der Waals surface area contributed by atoms with Crippen LogP contribution in [0, 0.1) is 12.8 Å². The van der Waals surface area contributed by atoms with E-state index in [9.17, 15) is 9.59 Å². The van der Waals surface area contributed by atoms with Gasteiger partial charge >= 0.3 is 5.97 Å². The average Bonchev–Trinajstić information content (AvgIpc) is 3.12. The Morgan fingerprint density at radius 2 is 1.93 bits per heavy atom. The minimum atomic E-state index is -0.660. The Balaban J connectivity index is 1.64. The van der Waals surface area contributed by atoms with Crippen LogP contribution in [0.5, 0.6) is 0 Å². The van der Waals surface area contributed by atoms with Gasteiger partial charge in [0.15, 0.2) is 18.1 Å². The van der Waals surface area contributed by atoms with Crippen LogP contribution < -0.4 is 5.32 Å². The molecule has 0 aliphatic heterocycles. The third-order valence-corrected chi connectivity index (χ3v) is 4.88. The normalized spacial score (nSPS) is 19.9. The maximum Gasteiger partial charge on any atom is 0.357 e. The predicted octanol–water partition coefficient (Wildman–Crippen LogP) is 2.22. The molecule has 3 rings (SSSR count). The molecule has 1 heterocycles. The fourth-order valence-electron chi connectivity index (χ4n) is 3.25. The van der Waals surface area contributed by atoms with Crippen molar-refractivity contribution >= 4 is 23.6 Å². The summed E-state index contributed by atoms with van der Waals surface area (Å²) >= 11 is 0. The molecular weight excluding hydrogens is 358 g/mol. The molecule has 28 heavy (non-hydrogen) atoms. The smallest absolute Gasteiger partial charge is 0.357 e. The van der Waals surface area contributed by atoms with Gasteiger partial charge in [0, 0.05) is 6.04 Å². The van der Waals surface area contributed by atoms with Crippen molar-refractivity contribution < 1.29 is 14.3 Å². The van der Waals surface area contributed by atoms with E-state index in [0.717, 1.165) is 31.2 Å². The first-order valence-corrected chi connectivity index (χ1v) is 9.51. The Labute approximate surface area is 164 Å². The van der Waals surface area contributed by atoms with Crippen LogP contribution in [0.1, 0.15) is 44.0 Å². The highest BCUT2D eigenvalue weighted by Gasteiger charge is 2.22. The Kier molecular flexibility index (Phi) is 6.52. The van der Waals surface area contributed by atoms with E-state index in [0.29, 0.717) is 11.7 Å². The van der Waals surface area contributed by atoms with E-state index in [-0.39, 0.29) is 24.3 Å². The number of rotatable bonds is 6. The van der Waals surface area contributed by atoms with Crippen molar-refractivity contribution in [3.63, 3.8) is 0 Å². The summed E-state index contributed by atoms with van der Waals surface area (Å²) in [5, 5.41) is 14.2. The molecule has 148 valence electrons. The largest absolute Gasteiger partial charge is 0.451 e. The Morgan fingerprint density at radius 3 is 2.57 bits per heavy atom. The van der Waals surface area contributed by atoms with Crippen molar-refractivity contribution in [2.45, 2.75) is 45.6 Å². The van der Waals surface area contributed by atoms with Gasteiger partial charge in [0.1, 0.15) is 0 Å². The average molecular weight is 383 g/mol. The molecule has 0 atom stereocenters. The van der Waals surface area contributed by atoms with Gasteiger partial charge in [0.2, 0.25) is 0 Å². The van der Waals surface area contributed by atoms with Crippen molar-refractivity contribution in [2.24, 2.45) is 5.92 Å². The molecule has 0 spiro atoms. The molecule has 0 bridgehead atoms. The van der Waals surface area contributed by atoms with Crippen LogP contribution >= 0.6 is 0 Å². The first kappa shape index (κ1) is 19.7. The molecule has 1 aromatic carbocycles. The van der Waals surface area contributed by atoms with Crippen LogP contribution in [0.2, 0.25) is 0 Å². The first-order chi connectivity index (χ1) is 13.5. The van der Waals surface area contributed by atoms with Crippen LogP contribution in [-0.2, 0) is 14.3 Å².